The lowest BCUT2D eigenvalue weighted by Crippen LogP contribution is -2.01. The maximum absolute atomic E-state index is 5.67. The molecule has 0 spiro atoms. The number of hydrogen-bond donors (Lipinski definition) is 1. The highest BCUT2D eigenvalue weighted by molar-refractivity contribution is 7.79. The Hall–Kier alpha value is -2.80. The van der Waals surface area contributed by atoms with Gasteiger partial charge in [0, 0.05) is 10.9 Å². The van der Waals surface area contributed by atoms with Crippen molar-refractivity contribution in [1.82, 2.24) is 15.0 Å². The first-order valence-corrected chi connectivity index (χ1v) is 7.25. The third-order valence-electron chi connectivity index (χ3n) is 3.38. The van der Waals surface area contributed by atoms with Gasteiger partial charge < -0.3 is 15.2 Å². The van der Waals surface area contributed by atoms with E-state index in [0.717, 1.165) is 11.3 Å². The Morgan fingerprint density at radius 2 is 1.78 bits per heavy atom. The molecule has 0 radical (unpaired) electrons. The van der Waals surface area contributed by atoms with E-state index in [1.165, 1.54) is 5.37 Å². The number of rotatable bonds is 4. The highest BCUT2D eigenvalue weighted by Crippen LogP contribution is 2.32. The summed E-state index contributed by atoms with van der Waals surface area (Å²) in [6.45, 7) is 0. The van der Waals surface area contributed by atoms with E-state index in [1.54, 1.807) is 14.2 Å². The van der Waals surface area contributed by atoms with Crippen LogP contribution in [0, 0.1) is 0 Å². The Morgan fingerprint density at radius 1 is 1.00 bits per heavy atom. The largest absolute Gasteiger partial charge is 0.493 e. The van der Waals surface area contributed by atoms with Crippen molar-refractivity contribution in [1.29, 1.82) is 0 Å². The summed E-state index contributed by atoms with van der Waals surface area (Å²) >= 11 is 4.99. The van der Waals surface area contributed by atoms with Crippen molar-refractivity contribution in [2.24, 2.45) is 0 Å². The zero-order valence-corrected chi connectivity index (χ0v) is 13.4. The average Bonchev–Trinajstić information content (AvgIpc) is 2.59. The molecular weight excluding hydrogens is 312 g/mol. The minimum Gasteiger partial charge on any atom is -0.493 e. The van der Waals surface area contributed by atoms with Crippen LogP contribution in [-0.4, -0.2) is 34.5 Å². The van der Waals surface area contributed by atoms with Crippen molar-refractivity contribution in [3.8, 4) is 22.8 Å². The minimum absolute atomic E-state index is 0.175. The fraction of sp³-hybridized carbons (Fsp3) is 0.125. The van der Waals surface area contributed by atoms with Crippen LogP contribution in [0.1, 0.15) is 5.69 Å². The lowest BCUT2D eigenvalue weighted by atomic mass is 10.1. The van der Waals surface area contributed by atoms with Gasteiger partial charge >= 0.3 is 0 Å². The van der Waals surface area contributed by atoms with Crippen LogP contribution >= 0.6 is 12.2 Å². The van der Waals surface area contributed by atoms with Gasteiger partial charge in [-0.05, 0) is 30.3 Å². The number of anilines is 1. The molecule has 0 saturated heterocycles. The van der Waals surface area contributed by atoms with Gasteiger partial charge in [0.25, 0.3) is 0 Å². The lowest BCUT2D eigenvalue weighted by Gasteiger charge is -2.10. The third-order valence-corrected chi connectivity index (χ3v) is 3.60. The van der Waals surface area contributed by atoms with Crippen LogP contribution in [0.25, 0.3) is 22.3 Å². The summed E-state index contributed by atoms with van der Waals surface area (Å²) in [7, 11) is 3.19. The summed E-state index contributed by atoms with van der Waals surface area (Å²) < 4.78 is 10.6. The van der Waals surface area contributed by atoms with Crippen molar-refractivity contribution in [3.05, 3.63) is 36.0 Å². The van der Waals surface area contributed by atoms with Gasteiger partial charge in [0.1, 0.15) is 11.2 Å². The number of methoxy groups -OCH3 is 2. The van der Waals surface area contributed by atoms with Crippen LogP contribution in [-0.2, 0) is 0 Å². The number of pyridine rings is 1. The average molecular weight is 326 g/mol. The van der Waals surface area contributed by atoms with E-state index in [2.05, 4.69) is 15.0 Å². The van der Waals surface area contributed by atoms with Crippen LogP contribution in [0.4, 0.5) is 5.95 Å². The van der Waals surface area contributed by atoms with Gasteiger partial charge in [-0.3, -0.25) is 0 Å². The Balaban J connectivity index is 2.17. The maximum Gasteiger partial charge on any atom is 0.221 e. The fourth-order valence-electron chi connectivity index (χ4n) is 2.29. The molecular formula is C16H14N4O2S. The van der Waals surface area contributed by atoms with E-state index < -0.39 is 0 Å². The highest BCUT2D eigenvalue weighted by atomic mass is 32.1. The van der Waals surface area contributed by atoms with E-state index in [1.807, 2.05) is 30.3 Å². The first kappa shape index (κ1) is 15.1. The van der Waals surface area contributed by atoms with E-state index in [4.69, 9.17) is 27.4 Å². The van der Waals surface area contributed by atoms with Gasteiger partial charge in [0.05, 0.1) is 25.4 Å². The molecule has 0 aliphatic rings. The van der Waals surface area contributed by atoms with Gasteiger partial charge in [-0.2, -0.15) is 0 Å². The number of aromatic nitrogens is 3. The number of nitrogens with two attached hydrogens (primary N) is 1. The van der Waals surface area contributed by atoms with Crippen LogP contribution in [0.5, 0.6) is 11.5 Å². The number of benzene rings is 1. The van der Waals surface area contributed by atoms with Crippen molar-refractivity contribution >= 4 is 34.6 Å². The van der Waals surface area contributed by atoms with Gasteiger partial charge in [-0.1, -0.05) is 12.2 Å². The predicted molar refractivity (Wildman–Crippen MR) is 93.0 cm³/mol. The summed E-state index contributed by atoms with van der Waals surface area (Å²) in [6, 6.07) is 9.31. The zero-order valence-electron chi connectivity index (χ0n) is 12.6. The van der Waals surface area contributed by atoms with Crippen molar-refractivity contribution < 1.29 is 9.47 Å². The number of hydrogen-bond acceptors (Lipinski definition) is 7. The summed E-state index contributed by atoms with van der Waals surface area (Å²) in [6.07, 6.45) is 0. The standard InChI is InChI=1S/C16H14N4O2S/c1-21-13-6-3-9(7-14(13)22-2)10-4-5-11-15(18-10)12(8-23)20-16(17)19-11/h3-8H,1-2H3,(H2,17,19,20). The molecule has 0 aliphatic carbocycles. The summed E-state index contributed by atoms with van der Waals surface area (Å²) in [5, 5.41) is 1.45. The number of nitrogens with zero attached hydrogens (tertiary/aromatic N) is 3. The number of ether oxygens (including phenoxy) is 2. The summed E-state index contributed by atoms with van der Waals surface area (Å²) in [5.74, 6) is 1.47. The molecule has 3 aromatic rings. The van der Waals surface area contributed by atoms with Gasteiger partial charge in [0.15, 0.2) is 11.5 Å². The van der Waals surface area contributed by atoms with Gasteiger partial charge in [-0.25, -0.2) is 15.0 Å². The quantitative estimate of drug-likeness (QED) is 0.738. The highest BCUT2D eigenvalue weighted by Gasteiger charge is 2.10. The van der Waals surface area contributed by atoms with Crippen LogP contribution < -0.4 is 15.2 Å². The Morgan fingerprint density at radius 3 is 2.48 bits per heavy atom. The second kappa shape index (κ2) is 6.13. The van der Waals surface area contributed by atoms with Gasteiger partial charge in [-0.15, -0.1) is 0 Å². The molecule has 2 aromatic heterocycles. The zero-order chi connectivity index (χ0) is 16.4. The first-order valence-electron chi connectivity index (χ1n) is 6.78. The molecule has 7 heteroatoms. The van der Waals surface area contributed by atoms with Crippen molar-refractivity contribution in [2.45, 2.75) is 0 Å². The van der Waals surface area contributed by atoms with Crippen molar-refractivity contribution in [3.63, 3.8) is 0 Å². The topological polar surface area (TPSA) is 83.2 Å². The molecule has 0 fully saturated rings. The molecule has 23 heavy (non-hydrogen) atoms. The molecule has 0 saturated carbocycles. The summed E-state index contributed by atoms with van der Waals surface area (Å²) in [4.78, 5) is 12.9. The van der Waals surface area contributed by atoms with Crippen LogP contribution in [0.2, 0.25) is 0 Å². The smallest absolute Gasteiger partial charge is 0.221 e. The molecule has 0 aliphatic heterocycles. The third kappa shape index (κ3) is 2.78. The Kier molecular flexibility index (Phi) is 4.03. The number of nitrogen functional groups attached to an aromatic ring is 1. The van der Waals surface area contributed by atoms with Crippen LogP contribution in [0.3, 0.4) is 0 Å². The van der Waals surface area contributed by atoms with Crippen LogP contribution in [0.15, 0.2) is 30.3 Å². The number of thiocarbonyl (C=S) groups is 1. The Bertz CT molecular complexity index is 899. The summed E-state index contributed by atoms with van der Waals surface area (Å²) in [5.41, 5.74) is 9.11. The Labute approximate surface area is 138 Å². The first-order chi connectivity index (χ1) is 11.2. The van der Waals surface area contributed by atoms with E-state index >= 15 is 0 Å². The molecule has 116 valence electrons. The lowest BCUT2D eigenvalue weighted by molar-refractivity contribution is 0.355. The molecule has 3 rings (SSSR count). The molecule has 0 amide bonds. The fourth-order valence-corrected chi connectivity index (χ4v) is 2.46. The second-order valence-corrected chi connectivity index (χ2v) is 4.95. The van der Waals surface area contributed by atoms with E-state index in [9.17, 15) is 0 Å². The number of fused-ring (bicyclic) bond motifs is 1. The predicted octanol–water partition coefficient (Wildman–Crippen LogP) is 2.64. The molecule has 0 atom stereocenters. The molecule has 0 bridgehead atoms. The van der Waals surface area contributed by atoms with E-state index in [0.29, 0.717) is 28.2 Å². The normalized spacial score (nSPS) is 10.5. The van der Waals surface area contributed by atoms with E-state index in [-0.39, 0.29) is 5.95 Å². The molecule has 2 heterocycles. The minimum atomic E-state index is 0.175. The molecule has 2 N–H and O–H groups in total. The second-order valence-electron chi connectivity index (χ2n) is 4.72. The van der Waals surface area contributed by atoms with Gasteiger partial charge in [0.2, 0.25) is 5.95 Å². The molecule has 1 aromatic carbocycles. The SMILES string of the molecule is COc1ccc(-c2ccc3nc(N)nc(C=S)c3n2)cc1OC. The molecule has 0 unspecified atom stereocenters. The molecule has 6 nitrogen and oxygen atoms in total. The maximum atomic E-state index is 5.67. The van der Waals surface area contributed by atoms with Crippen molar-refractivity contribution in [2.75, 3.05) is 20.0 Å². The monoisotopic (exact) mass is 326 g/mol.